The molecule has 0 aliphatic rings. The van der Waals surface area contributed by atoms with Gasteiger partial charge in [-0.1, -0.05) is 36.4 Å². The summed E-state index contributed by atoms with van der Waals surface area (Å²) in [5, 5.41) is 8.69. The number of aliphatic imine (C=N–C) groups is 1. The van der Waals surface area contributed by atoms with Gasteiger partial charge in [0.2, 0.25) is 0 Å². The largest absolute Gasteiger partial charge is 0.357 e. The van der Waals surface area contributed by atoms with Gasteiger partial charge in [-0.2, -0.15) is 0 Å². The summed E-state index contributed by atoms with van der Waals surface area (Å²) in [5.41, 5.74) is 1.22. The maximum Gasteiger partial charge on any atom is 0.191 e. The fraction of sp³-hybridized carbons (Fsp3) is 0.267. The van der Waals surface area contributed by atoms with Gasteiger partial charge >= 0.3 is 0 Å². The predicted molar refractivity (Wildman–Crippen MR) is 82.4 cm³/mol. The lowest BCUT2D eigenvalue weighted by Gasteiger charge is -2.10. The smallest absolute Gasteiger partial charge is 0.191 e. The van der Waals surface area contributed by atoms with E-state index >= 15 is 0 Å². The molecule has 2 aromatic rings. The fourth-order valence-electron chi connectivity index (χ4n) is 1.68. The number of benzene rings is 1. The molecule has 0 aliphatic heterocycles. The summed E-state index contributed by atoms with van der Waals surface area (Å²) in [6, 6.07) is 14.5. The normalized spacial score (nSPS) is 11.3. The SMILES string of the molecule is CCNC(=NCc1ccccc1)NCc1cccs1. The molecule has 0 aliphatic carbocycles. The standard InChI is InChI=1S/C15H19N3S/c1-2-16-15(18-12-14-9-6-10-19-14)17-11-13-7-4-3-5-8-13/h3-10H,2,11-12H2,1H3,(H2,16,17,18). The second-order valence-electron chi connectivity index (χ2n) is 4.11. The van der Waals surface area contributed by atoms with Crippen LogP contribution < -0.4 is 10.6 Å². The van der Waals surface area contributed by atoms with Gasteiger partial charge in [-0.25, -0.2) is 4.99 Å². The van der Waals surface area contributed by atoms with Crippen LogP contribution in [-0.2, 0) is 13.1 Å². The molecule has 1 heterocycles. The Morgan fingerprint density at radius 1 is 1.11 bits per heavy atom. The Morgan fingerprint density at radius 2 is 1.95 bits per heavy atom. The zero-order chi connectivity index (χ0) is 13.3. The van der Waals surface area contributed by atoms with Crippen molar-refractivity contribution in [1.29, 1.82) is 0 Å². The fourth-order valence-corrected chi connectivity index (χ4v) is 2.32. The van der Waals surface area contributed by atoms with Crippen molar-refractivity contribution in [2.45, 2.75) is 20.0 Å². The first-order chi connectivity index (χ1) is 9.38. The van der Waals surface area contributed by atoms with Crippen molar-refractivity contribution >= 4 is 17.3 Å². The quantitative estimate of drug-likeness (QED) is 0.649. The van der Waals surface area contributed by atoms with E-state index in [9.17, 15) is 0 Å². The average Bonchev–Trinajstić information content (AvgIpc) is 2.96. The lowest BCUT2D eigenvalue weighted by Crippen LogP contribution is -2.36. The molecule has 4 heteroatoms. The molecule has 19 heavy (non-hydrogen) atoms. The monoisotopic (exact) mass is 273 g/mol. The highest BCUT2D eigenvalue weighted by molar-refractivity contribution is 7.09. The predicted octanol–water partition coefficient (Wildman–Crippen LogP) is 3.00. The number of hydrogen-bond acceptors (Lipinski definition) is 2. The highest BCUT2D eigenvalue weighted by Gasteiger charge is 1.98. The second kappa shape index (κ2) is 7.59. The van der Waals surface area contributed by atoms with Gasteiger partial charge < -0.3 is 10.6 Å². The highest BCUT2D eigenvalue weighted by atomic mass is 32.1. The van der Waals surface area contributed by atoms with Crippen LogP contribution >= 0.6 is 11.3 Å². The van der Waals surface area contributed by atoms with E-state index in [4.69, 9.17) is 0 Å². The van der Waals surface area contributed by atoms with Crippen LogP contribution in [0.1, 0.15) is 17.4 Å². The molecule has 0 unspecified atom stereocenters. The molecule has 0 atom stereocenters. The van der Waals surface area contributed by atoms with Gasteiger partial charge in [0.1, 0.15) is 0 Å². The lowest BCUT2D eigenvalue weighted by molar-refractivity contribution is 0.823. The molecule has 2 rings (SSSR count). The Kier molecular flexibility index (Phi) is 5.44. The molecule has 0 spiro atoms. The van der Waals surface area contributed by atoms with Crippen molar-refractivity contribution in [3.63, 3.8) is 0 Å². The maximum absolute atomic E-state index is 4.58. The molecule has 0 radical (unpaired) electrons. The Hall–Kier alpha value is -1.81. The van der Waals surface area contributed by atoms with Gasteiger partial charge in [-0.3, -0.25) is 0 Å². The number of hydrogen-bond donors (Lipinski definition) is 2. The van der Waals surface area contributed by atoms with E-state index in [1.807, 2.05) is 18.2 Å². The number of guanidine groups is 1. The molecular formula is C15H19N3S. The molecule has 0 fully saturated rings. The van der Waals surface area contributed by atoms with Crippen molar-refractivity contribution < 1.29 is 0 Å². The van der Waals surface area contributed by atoms with Crippen LogP contribution in [0.3, 0.4) is 0 Å². The third-order valence-electron chi connectivity index (χ3n) is 2.62. The molecule has 0 saturated heterocycles. The van der Waals surface area contributed by atoms with Crippen LogP contribution in [0.15, 0.2) is 52.8 Å². The zero-order valence-electron chi connectivity index (χ0n) is 11.1. The average molecular weight is 273 g/mol. The van der Waals surface area contributed by atoms with Crippen molar-refractivity contribution in [2.75, 3.05) is 6.54 Å². The molecule has 1 aromatic carbocycles. The number of thiophene rings is 1. The van der Waals surface area contributed by atoms with Crippen molar-refractivity contribution in [1.82, 2.24) is 10.6 Å². The summed E-state index contributed by atoms with van der Waals surface area (Å²) in [7, 11) is 0. The minimum Gasteiger partial charge on any atom is -0.357 e. The van der Waals surface area contributed by atoms with Gasteiger partial charge in [-0.15, -0.1) is 11.3 Å². The maximum atomic E-state index is 4.58. The lowest BCUT2D eigenvalue weighted by atomic mass is 10.2. The minimum atomic E-state index is 0.695. The van der Waals surface area contributed by atoms with E-state index in [0.717, 1.165) is 19.0 Å². The van der Waals surface area contributed by atoms with Gasteiger partial charge in [0.05, 0.1) is 13.1 Å². The Bertz CT molecular complexity index is 491. The molecule has 2 N–H and O–H groups in total. The van der Waals surface area contributed by atoms with Crippen molar-refractivity contribution in [3.05, 3.63) is 58.3 Å². The first kappa shape index (κ1) is 13.6. The van der Waals surface area contributed by atoms with E-state index in [2.05, 4.69) is 52.2 Å². The first-order valence-corrected chi connectivity index (χ1v) is 7.35. The molecular weight excluding hydrogens is 254 g/mol. The first-order valence-electron chi connectivity index (χ1n) is 6.47. The van der Waals surface area contributed by atoms with Gasteiger partial charge in [-0.05, 0) is 23.9 Å². The summed E-state index contributed by atoms with van der Waals surface area (Å²) >= 11 is 1.75. The molecule has 1 aromatic heterocycles. The molecule has 0 amide bonds. The van der Waals surface area contributed by atoms with Crippen LogP contribution in [0.2, 0.25) is 0 Å². The summed E-state index contributed by atoms with van der Waals surface area (Å²) in [5.74, 6) is 0.861. The summed E-state index contributed by atoms with van der Waals surface area (Å²) in [6.45, 7) is 4.45. The van der Waals surface area contributed by atoms with E-state index in [1.54, 1.807) is 11.3 Å². The van der Waals surface area contributed by atoms with Crippen LogP contribution in [0.5, 0.6) is 0 Å². The van der Waals surface area contributed by atoms with E-state index in [1.165, 1.54) is 10.4 Å². The second-order valence-corrected chi connectivity index (χ2v) is 5.15. The van der Waals surface area contributed by atoms with Crippen molar-refractivity contribution in [2.24, 2.45) is 4.99 Å². The molecule has 0 bridgehead atoms. The van der Waals surface area contributed by atoms with Crippen LogP contribution in [-0.4, -0.2) is 12.5 Å². The van der Waals surface area contributed by atoms with Crippen LogP contribution in [0, 0.1) is 0 Å². The Labute approximate surface area is 118 Å². The van der Waals surface area contributed by atoms with E-state index < -0.39 is 0 Å². The van der Waals surface area contributed by atoms with Crippen molar-refractivity contribution in [3.8, 4) is 0 Å². The number of nitrogens with one attached hydrogen (secondary N) is 2. The zero-order valence-corrected chi connectivity index (χ0v) is 11.9. The molecule has 3 nitrogen and oxygen atoms in total. The molecule has 100 valence electrons. The van der Waals surface area contributed by atoms with E-state index in [-0.39, 0.29) is 0 Å². The Balaban J connectivity index is 1.91. The summed E-state index contributed by atoms with van der Waals surface area (Å²) in [4.78, 5) is 5.89. The highest BCUT2D eigenvalue weighted by Crippen LogP contribution is 2.07. The van der Waals surface area contributed by atoms with Gasteiger partial charge in [0, 0.05) is 11.4 Å². The summed E-state index contributed by atoms with van der Waals surface area (Å²) in [6.07, 6.45) is 0. The number of rotatable bonds is 5. The Morgan fingerprint density at radius 3 is 2.63 bits per heavy atom. The topological polar surface area (TPSA) is 36.4 Å². The summed E-state index contributed by atoms with van der Waals surface area (Å²) < 4.78 is 0. The van der Waals surface area contributed by atoms with Gasteiger partial charge in [0.15, 0.2) is 5.96 Å². The third-order valence-corrected chi connectivity index (χ3v) is 3.49. The molecule has 0 saturated carbocycles. The van der Waals surface area contributed by atoms with Gasteiger partial charge in [0.25, 0.3) is 0 Å². The van der Waals surface area contributed by atoms with Crippen LogP contribution in [0.25, 0.3) is 0 Å². The number of nitrogens with zero attached hydrogens (tertiary/aromatic N) is 1. The van der Waals surface area contributed by atoms with E-state index in [0.29, 0.717) is 6.54 Å². The third kappa shape index (κ3) is 4.75. The van der Waals surface area contributed by atoms with Crippen LogP contribution in [0.4, 0.5) is 0 Å². The minimum absolute atomic E-state index is 0.695.